The highest BCUT2D eigenvalue weighted by molar-refractivity contribution is 5.59. The first kappa shape index (κ1) is 12.6. The number of nitrogens with two attached hydrogens (primary N) is 1. The van der Waals surface area contributed by atoms with Gasteiger partial charge in [-0.25, -0.2) is 0 Å². The molecule has 0 amide bonds. The Bertz CT molecular complexity index is 511. The minimum Gasteiger partial charge on any atom is -0.442 e. The summed E-state index contributed by atoms with van der Waals surface area (Å²) in [5.41, 5.74) is 5.36. The summed E-state index contributed by atoms with van der Waals surface area (Å²) >= 11 is 0. The molecule has 1 atom stereocenters. The second-order valence-corrected chi connectivity index (χ2v) is 3.31. The van der Waals surface area contributed by atoms with E-state index in [1.54, 1.807) is 19.1 Å². The van der Waals surface area contributed by atoms with Crippen LogP contribution in [0, 0.1) is 34.0 Å². The van der Waals surface area contributed by atoms with Gasteiger partial charge in [-0.15, -0.1) is 0 Å². The van der Waals surface area contributed by atoms with E-state index in [2.05, 4.69) is 0 Å². The number of ether oxygens (including phenoxy) is 2. The third kappa shape index (κ3) is 1.92. The number of hydrogen-bond acceptors (Lipinski definition) is 6. The maximum Gasteiger partial charge on any atom is 0.239 e. The summed E-state index contributed by atoms with van der Waals surface area (Å²) in [6, 6.07) is 5.24. The second kappa shape index (κ2) is 4.57. The Hall–Kier alpha value is -2.49. The van der Waals surface area contributed by atoms with Crippen molar-refractivity contribution in [3.63, 3.8) is 0 Å². The quantitative estimate of drug-likeness (QED) is 0.701. The Labute approximate surface area is 98.7 Å². The van der Waals surface area contributed by atoms with Gasteiger partial charge in [0, 0.05) is 13.5 Å². The molecule has 1 aliphatic rings. The first-order chi connectivity index (χ1) is 8.03. The van der Waals surface area contributed by atoms with Gasteiger partial charge in [-0.2, -0.15) is 15.8 Å². The molecule has 2 N–H and O–H groups in total. The Morgan fingerprint density at radius 1 is 1.41 bits per heavy atom. The van der Waals surface area contributed by atoms with Gasteiger partial charge in [0.15, 0.2) is 0 Å². The van der Waals surface area contributed by atoms with Gasteiger partial charge in [0.2, 0.25) is 11.7 Å². The topological polar surface area (TPSA) is 116 Å². The number of nitriles is 3. The highest BCUT2D eigenvalue weighted by Gasteiger charge is 2.45. The van der Waals surface area contributed by atoms with E-state index in [1.807, 2.05) is 6.07 Å². The average Bonchev–Trinajstić information content (AvgIpc) is 2.53. The van der Waals surface area contributed by atoms with Crippen molar-refractivity contribution >= 4 is 0 Å². The number of rotatable bonds is 2. The van der Waals surface area contributed by atoms with Gasteiger partial charge >= 0.3 is 0 Å². The van der Waals surface area contributed by atoms with Crippen LogP contribution in [0.25, 0.3) is 0 Å². The van der Waals surface area contributed by atoms with Crippen LogP contribution in [-0.2, 0) is 9.47 Å². The first-order valence-electron chi connectivity index (χ1n) is 4.82. The Morgan fingerprint density at radius 2 is 2.00 bits per heavy atom. The first-order valence-corrected chi connectivity index (χ1v) is 4.82. The molecule has 1 aliphatic heterocycles. The van der Waals surface area contributed by atoms with Crippen LogP contribution >= 0.6 is 0 Å². The van der Waals surface area contributed by atoms with Crippen LogP contribution in [0.5, 0.6) is 0 Å². The van der Waals surface area contributed by atoms with Crippen LogP contribution in [-0.4, -0.2) is 12.4 Å². The van der Waals surface area contributed by atoms with Crippen LogP contribution in [0.3, 0.4) is 0 Å². The van der Waals surface area contributed by atoms with E-state index >= 15 is 0 Å². The number of hydrogen-bond donors (Lipinski definition) is 1. The smallest absolute Gasteiger partial charge is 0.239 e. The number of nitrogens with zero attached hydrogens (tertiary/aromatic N) is 3. The molecule has 0 spiro atoms. The zero-order valence-corrected chi connectivity index (χ0v) is 9.44. The highest BCUT2D eigenvalue weighted by atomic mass is 16.7. The van der Waals surface area contributed by atoms with E-state index in [0.717, 1.165) is 0 Å². The van der Waals surface area contributed by atoms with Crippen molar-refractivity contribution in [1.82, 2.24) is 0 Å². The molecule has 17 heavy (non-hydrogen) atoms. The Balaban J connectivity index is 3.48. The predicted molar refractivity (Wildman–Crippen MR) is 56.2 cm³/mol. The van der Waals surface area contributed by atoms with Crippen molar-refractivity contribution < 1.29 is 9.47 Å². The van der Waals surface area contributed by atoms with Crippen molar-refractivity contribution in [2.75, 3.05) is 6.61 Å². The highest BCUT2D eigenvalue weighted by Crippen LogP contribution is 2.39. The lowest BCUT2D eigenvalue weighted by atomic mass is 9.97. The van der Waals surface area contributed by atoms with Crippen molar-refractivity contribution in [1.29, 1.82) is 15.8 Å². The lowest BCUT2D eigenvalue weighted by Crippen LogP contribution is -2.32. The maximum absolute atomic E-state index is 8.97. The molecule has 1 rings (SSSR count). The summed E-state index contributed by atoms with van der Waals surface area (Å²) in [6.45, 7) is 3.53. The largest absolute Gasteiger partial charge is 0.442 e. The molecule has 1 heterocycles. The fraction of sp³-hybridized carbons (Fsp3) is 0.364. The summed E-state index contributed by atoms with van der Waals surface area (Å²) < 4.78 is 10.6. The summed E-state index contributed by atoms with van der Waals surface area (Å²) in [6.07, 6.45) is 0. The van der Waals surface area contributed by atoms with Crippen LogP contribution in [0.1, 0.15) is 13.8 Å². The summed E-state index contributed by atoms with van der Waals surface area (Å²) in [5, 5.41) is 26.7. The molecule has 0 saturated heterocycles. The molecule has 6 heteroatoms. The molecule has 6 nitrogen and oxygen atoms in total. The molecule has 0 bridgehead atoms. The van der Waals surface area contributed by atoms with Crippen LogP contribution in [0.4, 0.5) is 0 Å². The van der Waals surface area contributed by atoms with Gasteiger partial charge in [-0.05, 0) is 6.92 Å². The van der Waals surface area contributed by atoms with Crippen LogP contribution in [0.2, 0.25) is 0 Å². The standard InChI is InChI=1S/C11H10N4O2/c1-3-16-11(2)9(7(4-12)5-13)8(6-14)10(15)17-11/h3,15H2,1-2H3. The normalized spacial score (nSPS) is 22.4. The molecule has 86 valence electrons. The van der Waals surface area contributed by atoms with E-state index in [1.165, 1.54) is 6.92 Å². The maximum atomic E-state index is 8.97. The van der Waals surface area contributed by atoms with Crippen molar-refractivity contribution in [3.8, 4) is 18.2 Å². The minimum absolute atomic E-state index is 0.0287. The molecule has 0 aromatic carbocycles. The third-order valence-electron chi connectivity index (χ3n) is 2.26. The van der Waals surface area contributed by atoms with E-state index in [9.17, 15) is 0 Å². The zero-order valence-electron chi connectivity index (χ0n) is 9.44. The minimum atomic E-state index is -1.36. The molecule has 1 unspecified atom stereocenters. The van der Waals surface area contributed by atoms with Crippen molar-refractivity contribution in [3.05, 3.63) is 22.6 Å². The van der Waals surface area contributed by atoms with Gasteiger partial charge in [0.25, 0.3) is 0 Å². The molecular weight excluding hydrogens is 220 g/mol. The van der Waals surface area contributed by atoms with Gasteiger partial charge in [-0.3, -0.25) is 0 Å². The van der Waals surface area contributed by atoms with E-state index in [4.69, 9.17) is 31.0 Å². The molecule has 0 aliphatic carbocycles. The zero-order chi connectivity index (χ0) is 13.1. The molecule has 0 saturated carbocycles. The molecule has 0 fully saturated rings. The molecule has 0 radical (unpaired) electrons. The van der Waals surface area contributed by atoms with Crippen LogP contribution < -0.4 is 5.73 Å². The Morgan fingerprint density at radius 3 is 2.41 bits per heavy atom. The average molecular weight is 230 g/mol. The second-order valence-electron chi connectivity index (χ2n) is 3.31. The lowest BCUT2D eigenvalue weighted by molar-refractivity contribution is -0.161. The summed E-state index contributed by atoms with van der Waals surface area (Å²) in [7, 11) is 0. The van der Waals surface area contributed by atoms with Gasteiger partial charge < -0.3 is 15.2 Å². The van der Waals surface area contributed by atoms with Gasteiger partial charge in [-0.1, -0.05) is 0 Å². The predicted octanol–water partition coefficient (Wildman–Crippen LogP) is 0.807. The SMILES string of the molecule is CCOC1(C)OC(N)=C(C#N)C1=C(C#N)C#N. The van der Waals surface area contributed by atoms with E-state index < -0.39 is 5.79 Å². The van der Waals surface area contributed by atoms with E-state index in [-0.39, 0.29) is 29.2 Å². The fourth-order valence-corrected chi connectivity index (χ4v) is 1.64. The molecular formula is C11H10N4O2. The molecule has 0 aromatic rings. The van der Waals surface area contributed by atoms with Crippen molar-refractivity contribution in [2.24, 2.45) is 5.73 Å². The van der Waals surface area contributed by atoms with Gasteiger partial charge in [0.05, 0.1) is 5.57 Å². The Kier molecular flexibility index (Phi) is 3.38. The summed E-state index contributed by atoms with van der Waals surface area (Å²) in [4.78, 5) is 0. The monoisotopic (exact) mass is 230 g/mol. The van der Waals surface area contributed by atoms with E-state index in [0.29, 0.717) is 0 Å². The van der Waals surface area contributed by atoms with Crippen molar-refractivity contribution in [2.45, 2.75) is 19.6 Å². The van der Waals surface area contributed by atoms with Gasteiger partial charge in [0.1, 0.15) is 29.4 Å². The lowest BCUT2D eigenvalue weighted by Gasteiger charge is -2.25. The third-order valence-corrected chi connectivity index (χ3v) is 2.26. The van der Waals surface area contributed by atoms with Crippen LogP contribution in [0.15, 0.2) is 22.6 Å². The number of allylic oxidation sites excluding steroid dienone is 1. The fourth-order valence-electron chi connectivity index (χ4n) is 1.64. The molecule has 0 aromatic heterocycles. The summed E-state index contributed by atoms with van der Waals surface area (Å²) in [5.74, 6) is -1.49.